The maximum absolute atomic E-state index is 11.4. The molecule has 0 heterocycles. The van der Waals surface area contributed by atoms with Crippen LogP contribution in [0.4, 0.5) is 0 Å². The molecule has 3 nitrogen and oxygen atoms in total. The molecular weight excluding hydrogens is 188 g/mol. The van der Waals surface area contributed by atoms with Gasteiger partial charge in [-0.05, 0) is 38.0 Å². The fourth-order valence-corrected chi connectivity index (χ4v) is 1.70. The van der Waals surface area contributed by atoms with E-state index < -0.39 is 0 Å². The van der Waals surface area contributed by atoms with E-state index in [4.69, 9.17) is 0 Å². The summed E-state index contributed by atoms with van der Waals surface area (Å²) in [5, 5.41) is 6.21. The van der Waals surface area contributed by atoms with E-state index in [1.54, 1.807) is 0 Å². The second-order valence-corrected chi connectivity index (χ2v) is 4.83. The van der Waals surface area contributed by atoms with Gasteiger partial charge in [0.2, 0.25) is 5.91 Å². The Bertz CT molecular complexity index is 212. The smallest absolute Gasteiger partial charge is 0.234 e. The number of rotatable bonds is 7. The van der Waals surface area contributed by atoms with Gasteiger partial charge < -0.3 is 10.6 Å². The molecule has 1 atom stereocenters. The van der Waals surface area contributed by atoms with Crippen molar-refractivity contribution >= 4 is 5.91 Å². The summed E-state index contributed by atoms with van der Waals surface area (Å²) in [6.45, 7) is 7.80. The van der Waals surface area contributed by atoms with Gasteiger partial charge in [-0.2, -0.15) is 0 Å². The summed E-state index contributed by atoms with van der Waals surface area (Å²) >= 11 is 0. The molecule has 0 aliphatic heterocycles. The van der Waals surface area contributed by atoms with E-state index in [1.165, 1.54) is 19.3 Å². The monoisotopic (exact) mass is 212 g/mol. The molecule has 1 unspecified atom stereocenters. The lowest BCUT2D eigenvalue weighted by molar-refractivity contribution is -0.120. The lowest BCUT2D eigenvalue weighted by Crippen LogP contribution is -2.40. The fraction of sp³-hybridized carbons (Fsp3) is 0.917. The number of hydrogen-bond acceptors (Lipinski definition) is 2. The second kappa shape index (κ2) is 5.50. The summed E-state index contributed by atoms with van der Waals surface area (Å²) in [5.41, 5.74) is 0.524. The Morgan fingerprint density at radius 2 is 2.07 bits per heavy atom. The first kappa shape index (κ1) is 12.5. The molecule has 0 aromatic carbocycles. The van der Waals surface area contributed by atoms with Crippen LogP contribution in [-0.2, 0) is 4.79 Å². The predicted octanol–water partition coefficient (Wildman–Crippen LogP) is 1.68. The van der Waals surface area contributed by atoms with Crippen molar-refractivity contribution in [3.63, 3.8) is 0 Å². The Hall–Kier alpha value is -0.570. The average Bonchev–Trinajstić information content (AvgIpc) is 2.98. The van der Waals surface area contributed by atoms with Crippen LogP contribution in [0.3, 0.4) is 0 Å². The summed E-state index contributed by atoms with van der Waals surface area (Å²) in [6.07, 6.45) is 4.87. The molecule has 0 bridgehead atoms. The van der Waals surface area contributed by atoms with Crippen LogP contribution in [0, 0.1) is 5.41 Å². The molecule has 0 aromatic rings. The molecular formula is C12H24N2O. The molecule has 1 aliphatic carbocycles. The minimum atomic E-state index is 0.122. The molecule has 0 saturated heterocycles. The molecule has 15 heavy (non-hydrogen) atoms. The SMILES string of the molecule is CCC(C)NC(=O)CNCC1(CC)CC1. The Kier molecular flexibility index (Phi) is 4.58. The van der Waals surface area contributed by atoms with Crippen molar-refractivity contribution < 1.29 is 4.79 Å². The normalized spacial score (nSPS) is 19.7. The molecule has 1 aliphatic rings. The van der Waals surface area contributed by atoms with E-state index in [0.29, 0.717) is 18.0 Å². The van der Waals surface area contributed by atoms with Gasteiger partial charge in [0.25, 0.3) is 0 Å². The number of carbonyl (C=O) groups is 1. The van der Waals surface area contributed by atoms with Gasteiger partial charge >= 0.3 is 0 Å². The summed E-state index contributed by atoms with van der Waals surface area (Å²) in [7, 11) is 0. The predicted molar refractivity (Wildman–Crippen MR) is 62.7 cm³/mol. The van der Waals surface area contributed by atoms with Crippen molar-refractivity contribution in [2.24, 2.45) is 5.41 Å². The topological polar surface area (TPSA) is 41.1 Å². The van der Waals surface area contributed by atoms with Gasteiger partial charge in [-0.25, -0.2) is 0 Å². The Morgan fingerprint density at radius 1 is 1.40 bits per heavy atom. The largest absolute Gasteiger partial charge is 0.353 e. The molecule has 1 rings (SSSR count). The molecule has 2 N–H and O–H groups in total. The zero-order valence-corrected chi connectivity index (χ0v) is 10.2. The standard InChI is InChI=1S/C12H24N2O/c1-4-10(3)14-11(15)8-13-9-12(5-2)6-7-12/h10,13H,4-9H2,1-3H3,(H,14,15). The van der Waals surface area contributed by atoms with Gasteiger partial charge in [-0.1, -0.05) is 13.8 Å². The highest BCUT2D eigenvalue weighted by Gasteiger charge is 2.39. The molecule has 88 valence electrons. The molecule has 0 spiro atoms. The van der Waals surface area contributed by atoms with Crippen molar-refractivity contribution in [1.29, 1.82) is 0 Å². The van der Waals surface area contributed by atoms with E-state index in [1.807, 2.05) is 6.92 Å². The zero-order valence-electron chi connectivity index (χ0n) is 10.2. The van der Waals surface area contributed by atoms with Gasteiger partial charge in [-0.15, -0.1) is 0 Å². The first-order valence-electron chi connectivity index (χ1n) is 6.12. The molecule has 1 saturated carbocycles. The van der Waals surface area contributed by atoms with E-state index in [2.05, 4.69) is 24.5 Å². The molecule has 3 heteroatoms. The third kappa shape index (κ3) is 4.20. The van der Waals surface area contributed by atoms with Crippen molar-refractivity contribution in [3.05, 3.63) is 0 Å². The first-order chi connectivity index (χ1) is 7.12. The summed E-state index contributed by atoms with van der Waals surface area (Å²) in [5.74, 6) is 0.122. The minimum absolute atomic E-state index is 0.122. The highest BCUT2D eigenvalue weighted by Crippen LogP contribution is 2.47. The van der Waals surface area contributed by atoms with Crippen LogP contribution in [0.15, 0.2) is 0 Å². The van der Waals surface area contributed by atoms with Crippen molar-refractivity contribution in [2.75, 3.05) is 13.1 Å². The third-order valence-corrected chi connectivity index (χ3v) is 3.51. The Labute approximate surface area is 93.0 Å². The van der Waals surface area contributed by atoms with Crippen LogP contribution >= 0.6 is 0 Å². The van der Waals surface area contributed by atoms with Crippen LogP contribution in [0.25, 0.3) is 0 Å². The van der Waals surface area contributed by atoms with Crippen molar-refractivity contribution in [3.8, 4) is 0 Å². The maximum atomic E-state index is 11.4. The molecule has 1 amide bonds. The van der Waals surface area contributed by atoms with Crippen LogP contribution in [0.1, 0.15) is 46.5 Å². The molecule has 0 aromatic heterocycles. The summed E-state index contributed by atoms with van der Waals surface area (Å²) in [4.78, 5) is 11.4. The van der Waals surface area contributed by atoms with Crippen LogP contribution < -0.4 is 10.6 Å². The van der Waals surface area contributed by atoms with Gasteiger partial charge in [0.15, 0.2) is 0 Å². The van der Waals surface area contributed by atoms with Gasteiger partial charge in [-0.3, -0.25) is 4.79 Å². The van der Waals surface area contributed by atoms with Gasteiger partial charge in [0, 0.05) is 12.6 Å². The number of nitrogens with one attached hydrogen (secondary N) is 2. The zero-order chi connectivity index (χ0) is 11.3. The first-order valence-corrected chi connectivity index (χ1v) is 6.12. The van der Waals surface area contributed by atoms with Gasteiger partial charge in [0.1, 0.15) is 0 Å². The van der Waals surface area contributed by atoms with E-state index in [0.717, 1.165) is 13.0 Å². The van der Waals surface area contributed by atoms with E-state index in [-0.39, 0.29) is 5.91 Å². The second-order valence-electron chi connectivity index (χ2n) is 4.83. The summed E-state index contributed by atoms with van der Waals surface area (Å²) < 4.78 is 0. The highest BCUT2D eigenvalue weighted by molar-refractivity contribution is 5.78. The lowest BCUT2D eigenvalue weighted by Gasteiger charge is -2.15. The van der Waals surface area contributed by atoms with Crippen LogP contribution in [0.2, 0.25) is 0 Å². The van der Waals surface area contributed by atoms with E-state index in [9.17, 15) is 4.79 Å². The highest BCUT2D eigenvalue weighted by atomic mass is 16.1. The van der Waals surface area contributed by atoms with Crippen LogP contribution in [0.5, 0.6) is 0 Å². The van der Waals surface area contributed by atoms with Gasteiger partial charge in [0.05, 0.1) is 6.54 Å². The number of carbonyl (C=O) groups excluding carboxylic acids is 1. The van der Waals surface area contributed by atoms with Crippen molar-refractivity contribution in [2.45, 2.75) is 52.5 Å². The third-order valence-electron chi connectivity index (χ3n) is 3.51. The Balaban J connectivity index is 2.07. The van der Waals surface area contributed by atoms with Crippen LogP contribution in [-0.4, -0.2) is 25.0 Å². The van der Waals surface area contributed by atoms with Crippen molar-refractivity contribution in [1.82, 2.24) is 10.6 Å². The Morgan fingerprint density at radius 3 is 2.53 bits per heavy atom. The fourth-order valence-electron chi connectivity index (χ4n) is 1.70. The molecule has 1 fully saturated rings. The van der Waals surface area contributed by atoms with E-state index >= 15 is 0 Å². The quantitative estimate of drug-likeness (QED) is 0.674. The minimum Gasteiger partial charge on any atom is -0.353 e. The number of amides is 1. The maximum Gasteiger partial charge on any atom is 0.234 e. The summed E-state index contributed by atoms with van der Waals surface area (Å²) in [6, 6.07) is 0.292. The average molecular weight is 212 g/mol. The lowest BCUT2D eigenvalue weighted by atomic mass is 10.0. The number of hydrogen-bond donors (Lipinski definition) is 2. The molecule has 0 radical (unpaired) electrons.